The van der Waals surface area contributed by atoms with Crippen LogP contribution in [0.2, 0.25) is 0 Å². The summed E-state index contributed by atoms with van der Waals surface area (Å²) in [5, 5.41) is 22.4. The Morgan fingerprint density at radius 2 is 1.50 bits per heavy atom. The topological polar surface area (TPSA) is 48.6 Å². The van der Waals surface area contributed by atoms with Gasteiger partial charge in [-0.2, -0.15) is 0 Å². The quantitative estimate of drug-likeness (QED) is 0.702. The minimum atomic E-state index is -0.455. The maximum Gasteiger partial charge on any atom is 0.0845 e. The summed E-state index contributed by atoms with van der Waals surface area (Å²) in [4.78, 5) is 2.07. The van der Waals surface area contributed by atoms with Gasteiger partial charge in [0.25, 0.3) is 0 Å². The molecule has 2 N–H and O–H groups in total. The smallest absolute Gasteiger partial charge is 0.0845 e. The van der Waals surface area contributed by atoms with E-state index in [2.05, 4.69) is 45.9 Å². The second-order valence-corrected chi connectivity index (χ2v) is 6.70. The predicted octanol–water partition coefficient (Wildman–Crippen LogP) is 2.86. The van der Waals surface area contributed by atoms with E-state index in [1.54, 1.807) is 6.92 Å². The van der Waals surface area contributed by atoms with Crippen LogP contribution in [0.3, 0.4) is 0 Å². The highest BCUT2D eigenvalue weighted by Gasteiger charge is 2.14. The molecule has 0 saturated heterocycles. The molecule has 4 nitrogen and oxygen atoms in total. The number of aliphatic hydroxyl groups is 2. The van der Waals surface area contributed by atoms with Crippen LogP contribution in [0.1, 0.15) is 13.3 Å². The minimum Gasteiger partial charge on any atom is -0.393 e. The van der Waals surface area contributed by atoms with Gasteiger partial charge >= 0.3 is 0 Å². The van der Waals surface area contributed by atoms with Crippen LogP contribution in [0, 0.1) is 0 Å². The van der Waals surface area contributed by atoms with Crippen LogP contribution in [-0.4, -0.2) is 52.0 Å². The molecule has 0 radical (unpaired) electrons. The molecule has 2 aromatic carbocycles. The summed E-state index contributed by atoms with van der Waals surface area (Å²) in [6.45, 7) is 3.73. The fraction of sp³-hybridized carbons (Fsp3) is 0.400. The van der Waals surface area contributed by atoms with Gasteiger partial charge in [0.1, 0.15) is 0 Å². The summed E-state index contributed by atoms with van der Waals surface area (Å²) in [5.41, 5.74) is 2.31. The Morgan fingerprint density at radius 3 is 2.04 bits per heavy atom. The van der Waals surface area contributed by atoms with Crippen molar-refractivity contribution in [2.45, 2.75) is 32.1 Å². The number of hydrogen-bond donors (Lipinski definition) is 2. The Labute approximate surface area is 142 Å². The normalized spacial score (nSPS) is 14.5. The van der Waals surface area contributed by atoms with E-state index >= 15 is 0 Å². The van der Waals surface area contributed by atoms with E-state index in [9.17, 15) is 10.2 Å². The first-order valence-corrected chi connectivity index (χ1v) is 8.57. The second kappa shape index (κ2) is 7.34. The van der Waals surface area contributed by atoms with Crippen LogP contribution in [0.4, 0.5) is 0 Å². The fourth-order valence-electron chi connectivity index (χ4n) is 3.33. The van der Waals surface area contributed by atoms with E-state index in [1.807, 2.05) is 19.2 Å². The van der Waals surface area contributed by atoms with Gasteiger partial charge in [-0.3, -0.25) is 0 Å². The lowest BCUT2D eigenvalue weighted by molar-refractivity contribution is 0.100. The lowest BCUT2D eigenvalue weighted by Gasteiger charge is -2.22. The Hall–Kier alpha value is -1.88. The molecule has 0 aliphatic rings. The van der Waals surface area contributed by atoms with Gasteiger partial charge in [0.15, 0.2) is 0 Å². The van der Waals surface area contributed by atoms with Crippen LogP contribution < -0.4 is 0 Å². The minimum absolute atomic E-state index is 0.304. The van der Waals surface area contributed by atoms with Gasteiger partial charge in [-0.1, -0.05) is 36.4 Å². The van der Waals surface area contributed by atoms with E-state index in [0.717, 1.165) is 24.0 Å². The summed E-state index contributed by atoms with van der Waals surface area (Å²) in [6.07, 6.45) is -0.0383. The van der Waals surface area contributed by atoms with Crippen molar-refractivity contribution < 1.29 is 10.2 Å². The standard InChI is InChI=1S/C20H26N2O2/c1-15(23)11-12-21(2)13-16(24)14-22-19-9-5-3-7-17(19)18-8-4-6-10-20(18)22/h3-10,15-16,23-24H,11-14H2,1-2H3. The van der Waals surface area contributed by atoms with E-state index in [4.69, 9.17) is 0 Å². The molecule has 0 saturated carbocycles. The molecular weight excluding hydrogens is 300 g/mol. The van der Waals surface area contributed by atoms with Gasteiger partial charge in [-0.05, 0) is 32.5 Å². The van der Waals surface area contributed by atoms with Crippen molar-refractivity contribution in [2.75, 3.05) is 20.1 Å². The van der Waals surface area contributed by atoms with Crippen molar-refractivity contribution in [3.63, 3.8) is 0 Å². The maximum atomic E-state index is 10.6. The lowest BCUT2D eigenvalue weighted by Crippen LogP contribution is -2.33. The summed E-state index contributed by atoms with van der Waals surface area (Å²) in [5.74, 6) is 0. The van der Waals surface area contributed by atoms with Gasteiger partial charge in [-0.25, -0.2) is 0 Å². The Balaban J connectivity index is 1.81. The van der Waals surface area contributed by atoms with Crippen LogP contribution in [0.5, 0.6) is 0 Å². The molecule has 0 fully saturated rings. The second-order valence-electron chi connectivity index (χ2n) is 6.70. The molecule has 1 heterocycles. The number of rotatable bonds is 7. The average Bonchev–Trinajstić information content (AvgIpc) is 2.88. The molecule has 0 aliphatic carbocycles. The van der Waals surface area contributed by atoms with Crippen molar-refractivity contribution in [3.05, 3.63) is 48.5 Å². The zero-order chi connectivity index (χ0) is 17.1. The first-order chi connectivity index (χ1) is 11.6. The van der Waals surface area contributed by atoms with Gasteiger partial charge in [0.05, 0.1) is 18.8 Å². The number of aromatic nitrogens is 1. The Bertz CT molecular complexity index is 756. The molecule has 0 bridgehead atoms. The van der Waals surface area contributed by atoms with Crippen molar-refractivity contribution in [1.82, 2.24) is 9.47 Å². The zero-order valence-corrected chi connectivity index (χ0v) is 14.4. The van der Waals surface area contributed by atoms with E-state index in [-0.39, 0.29) is 6.10 Å². The third-order valence-electron chi connectivity index (χ3n) is 4.52. The van der Waals surface area contributed by atoms with Gasteiger partial charge < -0.3 is 19.7 Å². The molecule has 24 heavy (non-hydrogen) atoms. The maximum absolute atomic E-state index is 10.6. The summed E-state index contributed by atoms with van der Waals surface area (Å²) in [7, 11) is 1.98. The van der Waals surface area contributed by atoms with E-state index < -0.39 is 6.10 Å². The molecule has 2 unspecified atom stereocenters. The molecule has 0 amide bonds. The number of nitrogens with zero attached hydrogens (tertiary/aromatic N) is 2. The van der Waals surface area contributed by atoms with Crippen molar-refractivity contribution in [3.8, 4) is 0 Å². The molecule has 128 valence electrons. The third-order valence-corrected chi connectivity index (χ3v) is 4.52. The largest absolute Gasteiger partial charge is 0.393 e. The summed E-state index contributed by atoms with van der Waals surface area (Å²) in [6, 6.07) is 16.7. The SMILES string of the molecule is CC(O)CCN(C)CC(O)Cn1c2ccccc2c2ccccc21. The number of para-hydroxylation sites is 2. The fourth-order valence-corrected chi connectivity index (χ4v) is 3.33. The first kappa shape index (κ1) is 17.0. The number of hydrogen-bond acceptors (Lipinski definition) is 3. The Kier molecular flexibility index (Phi) is 5.19. The average molecular weight is 326 g/mol. The van der Waals surface area contributed by atoms with Crippen molar-refractivity contribution >= 4 is 21.8 Å². The third kappa shape index (κ3) is 3.61. The molecule has 4 heteroatoms. The summed E-state index contributed by atoms with van der Waals surface area (Å²) < 4.78 is 2.21. The zero-order valence-electron chi connectivity index (χ0n) is 14.4. The highest BCUT2D eigenvalue weighted by Crippen LogP contribution is 2.28. The lowest BCUT2D eigenvalue weighted by atomic mass is 10.2. The molecule has 2 atom stereocenters. The van der Waals surface area contributed by atoms with Crippen LogP contribution in [0.15, 0.2) is 48.5 Å². The highest BCUT2D eigenvalue weighted by molar-refractivity contribution is 6.07. The van der Waals surface area contributed by atoms with Gasteiger partial charge in [-0.15, -0.1) is 0 Å². The summed E-state index contributed by atoms with van der Waals surface area (Å²) >= 11 is 0. The van der Waals surface area contributed by atoms with Crippen LogP contribution in [-0.2, 0) is 6.54 Å². The monoisotopic (exact) mass is 326 g/mol. The highest BCUT2D eigenvalue weighted by atomic mass is 16.3. The van der Waals surface area contributed by atoms with Crippen LogP contribution in [0.25, 0.3) is 21.8 Å². The van der Waals surface area contributed by atoms with E-state index in [0.29, 0.717) is 13.1 Å². The number of fused-ring (bicyclic) bond motifs is 3. The molecular formula is C20H26N2O2. The van der Waals surface area contributed by atoms with Crippen molar-refractivity contribution in [2.24, 2.45) is 0 Å². The Morgan fingerprint density at radius 1 is 0.958 bits per heavy atom. The molecule has 1 aromatic heterocycles. The number of benzene rings is 2. The molecule has 0 aliphatic heterocycles. The van der Waals surface area contributed by atoms with Crippen LogP contribution >= 0.6 is 0 Å². The van der Waals surface area contributed by atoms with Gasteiger partial charge in [0, 0.05) is 34.9 Å². The van der Waals surface area contributed by atoms with E-state index in [1.165, 1.54) is 10.8 Å². The molecule has 3 rings (SSSR count). The van der Waals surface area contributed by atoms with Gasteiger partial charge in [0.2, 0.25) is 0 Å². The molecule has 3 aromatic rings. The number of likely N-dealkylation sites (N-methyl/N-ethyl adjacent to an activating group) is 1. The molecule has 0 spiro atoms. The predicted molar refractivity (Wildman–Crippen MR) is 99.2 cm³/mol. The van der Waals surface area contributed by atoms with Crippen molar-refractivity contribution in [1.29, 1.82) is 0 Å². The number of aliphatic hydroxyl groups excluding tert-OH is 2. The first-order valence-electron chi connectivity index (χ1n) is 8.57.